The normalized spacial score (nSPS) is 11.7. The molecule has 0 spiro atoms. The molecule has 0 aliphatic carbocycles. The summed E-state index contributed by atoms with van der Waals surface area (Å²) in [6.07, 6.45) is 2.96. The standard InChI is InChI=1S/C8H13ClO2Si/c1-5-6-11-8(10)7(2)12(3,4)9/h5-6H,2H2,1,3-4H3/b6-5-. The van der Waals surface area contributed by atoms with E-state index in [0.717, 1.165) is 0 Å². The van der Waals surface area contributed by atoms with Crippen LogP contribution in [0.5, 0.6) is 0 Å². The minimum Gasteiger partial charge on any atom is -0.432 e. The van der Waals surface area contributed by atoms with Crippen LogP contribution >= 0.6 is 11.1 Å². The van der Waals surface area contributed by atoms with E-state index in [-0.39, 0.29) is 0 Å². The van der Waals surface area contributed by atoms with Crippen LogP contribution in [-0.4, -0.2) is 13.4 Å². The van der Waals surface area contributed by atoms with Gasteiger partial charge >= 0.3 is 5.97 Å². The summed E-state index contributed by atoms with van der Waals surface area (Å²) in [6, 6.07) is 0. The zero-order chi connectivity index (χ0) is 9.78. The van der Waals surface area contributed by atoms with E-state index in [1.54, 1.807) is 13.0 Å². The first-order valence-corrected chi connectivity index (χ1v) is 7.61. The summed E-state index contributed by atoms with van der Waals surface area (Å²) in [6.45, 7) is 9.02. The number of rotatable bonds is 3. The van der Waals surface area contributed by atoms with Crippen LogP contribution in [0.15, 0.2) is 24.1 Å². The molecule has 68 valence electrons. The van der Waals surface area contributed by atoms with Gasteiger partial charge in [0.1, 0.15) is 0 Å². The van der Waals surface area contributed by atoms with Gasteiger partial charge in [-0.3, -0.25) is 0 Å². The molecule has 0 radical (unpaired) electrons. The molecule has 0 unspecified atom stereocenters. The van der Waals surface area contributed by atoms with Gasteiger partial charge in [-0.1, -0.05) is 25.7 Å². The highest BCUT2D eigenvalue weighted by Gasteiger charge is 2.27. The Morgan fingerprint density at radius 3 is 2.42 bits per heavy atom. The lowest BCUT2D eigenvalue weighted by atomic mass is 10.6. The maximum atomic E-state index is 11.1. The maximum Gasteiger partial charge on any atom is 0.335 e. The predicted molar refractivity (Wildman–Crippen MR) is 53.4 cm³/mol. The van der Waals surface area contributed by atoms with Crippen molar-refractivity contribution in [1.82, 2.24) is 0 Å². The average Bonchev–Trinajstić information content (AvgIpc) is 1.97. The van der Waals surface area contributed by atoms with Crippen LogP contribution in [0.3, 0.4) is 0 Å². The Morgan fingerprint density at radius 2 is 2.08 bits per heavy atom. The molecule has 0 bridgehead atoms. The molecule has 0 saturated heterocycles. The zero-order valence-corrected chi connectivity index (χ0v) is 9.31. The van der Waals surface area contributed by atoms with E-state index in [4.69, 9.17) is 15.8 Å². The summed E-state index contributed by atoms with van der Waals surface area (Å²) in [5.41, 5.74) is 0. The summed E-state index contributed by atoms with van der Waals surface area (Å²) in [7, 11) is -2.10. The molecule has 0 atom stereocenters. The lowest BCUT2D eigenvalue weighted by Gasteiger charge is -2.13. The molecule has 2 nitrogen and oxygen atoms in total. The summed E-state index contributed by atoms with van der Waals surface area (Å²) >= 11 is 5.97. The van der Waals surface area contributed by atoms with Crippen molar-refractivity contribution in [3.05, 3.63) is 24.1 Å². The van der Waals surface area contributed by atoms with Gasteiger partial charge in [-0.05, 0) is 6.92 Å². The number of halogens is 1. The second-order valence-electron chi connectivity index (χ2n) is 2.83. The number of carbonyl (C=O) groups is 1. The fourth-order valence-electron chi connectivity index (χ4n) is 0.444. The molecule has 0 rings (SSSR count). The van der Waals surface area contributed by atoms with Crippen molar-refractivity contribution >= 4 is 24.4 Å². The molecule has 0 fully saturated rings. The van der Waals surface area contributed by atoms with E-state index < -0.39 is 13.4 Å². The zero-order valence-electron chi connectivity index (χ0n) is 7.56. The molecule has 0 amide bonds. The molecular formula is C8H13ClO2Si. The molecule has 0 aliphatic rings. The number of ether oxygens (including phenoxy) is 1. The van der Waals surface area contributed by atoms with Crippen LogP contribution < -0.4 is 0 Å². The molecule has 0 aromatic rings. The Labute approximate surface area is 78.6 Å². The molecule has 0 aromatic heterocycles. The van der Waals surface area contributed by atoms with E-state index in [2.05, 4.69) is 6.58 Å². The molecule has 4 heteroatoms. The van der Waals surface area contributed by atoms with Gasteiger partial charge in [0.15, 0.2) is 7.38 Å². The van der Waals surface area contributed by atoms with Gasteiger partial charge < -0.3 is 4.74 Å². The average molecular weight is 205 g/mol. The smallest absolute Gasteiger partial charge is 0.335 e. The first-order chi connectivity index (χ1) is 5.39. The molecule has 0 heterocycles. The van der Waals surface area contributed by atoms with Crippen LogP contribution in [0.4, 0.5) is 0 Å². The second-order valence-corrected chi connectivity index (χ2v) is 9.21. The monoisotopic (exact) mass is 204 g/mol. The first-order valence-electron chi connectivity index (χ1n) is 3.60. The summed E-state index contributed by atoms with van der Waals surface area (Å²) in [4.78, 5) is 11.1. The first kappa shape index (κ1) is 11.5. The molecule has 12 heavy (non-hydrogen) atoms. The van der Waals surface area contributed by atoms with E-state index >= 15 is 0 Å². The van der Waals surface area contributed by atoms with Crippen molar-refractivity contribution in [1.29, 1.82) is 0 Å². The van der Waals surface area contributed by atoms with Gasteiger partial charge in [0.05, 0.1) is 6.26 Å². The van der Waals surface area contributed by atoms with Crippen molar-refractivity contribution < 1.29 is 9.53 Å². The van der Waals surface area contributed by atoms with Crippen molar-refractivity contribution in [2.45, 2.75) is 20.0 Å². The Hall–Kier alpha value is -0.543. The number of hydrogen-bond donors (Lipinski definition) is 0. The largest absolute Gasteiger partial charge is 0.432 e. The summed E-state index contributed by atoms with van der Waals surface area (Å²) in [5, 5.41) is 0.391. The van der Waals surface area contributed by atoms with Crippen LogP contribution in [0, 0.1) is 0 Å². The Bertz CT molecular complexity index is 216. The maximum absolute atomic E-state index is 11.1. The van der Waals surface area contributed by atoms with Gasteiger partial charge in [-0.15, -0.1) is 0 Å². The van der Waals surface area contributed by atoms with E-state index in [0.29, 0.717) is 5.20 Å². The highest BCUT2D eigenvalue weighted by Crippen LogP contribution is 2.18. The molecule has 0 N–H and O–H groups in total. The van der Waals surface area contributed by atoms with Crippen molar-refractivity contribution in [3.63, 3.8) is 0 Å². The van der Waals surface area contributed by atoms with Crippen molar-refractivity contribution in [2.75, 3.05) is 0 Å². The van der Waals surface area contributed by atoms with Gasteiger partial charge in [0, 0.05) is 5.20 Å². The van der Waals surface area contributed by atoms with Crippen molar-refractivity contribution in [3.8, 4) is 0 Å². The highest BCUT2D eigenvalue weighted by molar-refractivity contribution is 7.24. The summed E-state index contributed by atoms with van der Waals surface area (Å²) in [5.74, 6) is -0.431. The van der Waals surface area contributed by atoms with Crippen molar-refractivity contribution in [2.24, 2.45) is 0 Å². The topological polar surface area (TPSA) is 26.3 Å². The van der Waals surface area contributed by atoms with Gasteiger partial charge in [0.25, 0.3) is 0 Å². The number of hydrogen-bond acceptors (Lipinski definition) is 2. The third-order valence-electron chi connectivity index (χ3n) is 1.28. The van der Waals surface area contributed by atoms with Crippen LogP contribution in [-0.2, 0) is 9.53 Å². The Kier molecular flexibility index (Phi) is 4.27. The van der Waals surface area contributed by atoms with Gasteiger partial charge in [-0.25, -0.2) is 4.79 Å². The quantitative estimate of drug-likeness (QED) is 0.232. The van der Waals surface area contributed by atoms with Gasteiger partial charge in [-0.2, -0.15) is 11.1 Å². The Balaban J connectivity index is 4.22. The minimum absolute atomic E-state index is 0.391. The number of esters is 1. The molecule has 0 saturated carbocycles. The van der Waals surface area contributed by atoms with Crippen LogP contribution in [0.1, 0.15) is 6.92 Å². The minimum atomic E-state index is -2.10. The lowest BCUT2D eigenvalue weighted by Crippen LogP contribution is -2.26. The number of carbonyl (C=O) groups excluding carboxylic acids is 1. The summed E-state index contributed by atoms with van der Waals surface area (Å²) < 4.78 is 4.71. The second kappa shape index (κ2) is 4.47. The SMILES string of the molecule is C=C(C(=O)O/C=C\C)[Si](C)(C)Cl. The lowest BCUT2D eigenvalue weighted by molar-refractivity contribution is -0.132. The van der Waals surface area contributed by atoms with E-state index in [9.17, 15) is 4.79 Å². The van der Waals surface area contributed by atoms with Crippen LogP contribution in [0.25, 0.3) is 0 Å². The molecular weight excluding hydrogens is 192 g/mol. The third kappa shape index (κ3) is 3.73. The fourth-order valence-corrected chi connectivity index (χ4v) is 1.22. The van der Waals surface area contributed by atoms with E-state index in [1.165, 1.54) is 6.26 Å². The highest BCUT2D eigenvalue weighted by atomic mass is 35.6. The Morgan fingerprint density at radius 1 is 1.58 bits per heavy atom. The molecule has 0 aliphatic heterocycles. The fraction of sp³-hybridized carbons (Fsp3) is 0.375. The van der Waals surface area contributed by atoms with E-state index in [1.807, 2.05) is 13.1 Å². The molecule has 0 aromatic carbocycles. The van der Waals surface area contributed by atoms with Crippen LogP contribution in [0.2, 0.25) is 13.1 Å². The van der Waals surface area contributed by atoms with Gasteiger partial charge in [0.2, 0.25) is 0 Å². The third-order valence-corrected chi connectivity index (χ3v) is 3.60. The number of allylic oxidation sites excluding steroid dienone is 1. The predicted octanol–water partition coefficient (Wildman–Crippen LogP) is 2.60.